The number of hydrogen-bond donors (Lipinski definition) is 0. The molecule has 150 valence electrons. The molecule has 0 N–H and O–H groups in total. The summed E-state index contributed by atoms with van der Waals surface area (Å²) in [5.41, 5.74) is 3.57. The zero-order valence-corrected chi connectivity index (χ0v) is 20.3. The van der Waals surface area contributed by atoms with Crippen LogP contribution in [0.5, 0.6) is 0 Å². The SMILES string of the molecule is CN(C)c1ccc(/C=C/c2nc3ccc(I)cc3c(=O)n2-c2ccc(Br)cc2)cc1. The second-order valence-corrected chi connectivity index (χ2v) is 9.23. The first kappa shape index (κ1) is 20.8. The van der Waals surface area contributed by atoms with Gasteiger partial charge in [0.1, 0.15) is 5.82 Å². The van der Waals surface area contributed by atoms with Crippen molar-refractivity contribution < 1.29 is 0 Å². The summed E-state index contributed by atoms with van der Waals surface area (Å²) in [6.07, 6.45) is 3.88. The minimum absolute atomic E-state index is 0.0801. The molecule has 0 atom stereocenters. The number of aromatic nitrogens is 2. The molecule has 6 heteroatoms. The molecule has 0 amide bonds. The number of hydrogen-bond acceptors (Lipinski definition) is 3. The van der Waals surface area contributed by atoms with E-state index in [4.69, 9.17) is 4.98 Å². The Bertz CT molecular complexity index is 1290. The normalized spacial score (nSPS) is 11.3. The summed E-state index contributed by atoms with van der Waals surface area (Å²) >= 11 is 5.68. The molecule has 0 unspecified atom stereocenters. The van der Waals surface area contributed by atoms with Gasteiger partial charge in [-0.25, -0.2) is 4.98 Å². The lowest BCUT2D eigenvalue weighted by molar-refractivity contribution is 0.943. The van der Waals surface area contributed by atoms with Crippen molar-refractivity contribution in [1.29, 1.82) is 0 Å². The van der Waals surface area contributed by atoms with Gasteiger partial charge in [0.15, 0.2) is 0 Å². The summed E-state index contributed by atoms with van der Waals surface area (Å²) in [4.78, 5) is 20.2. The zero-order valence-electron chi connectivity index (χ0n) is 16.5. The smallest absolute Gasteiger partial charge is 0.266 e. The van der Waals surface area contributed by atoms with Gasteiger partial charge in [0.25, 0.3) is 5.56 Å². The van der Waals surface area contributed by atoms with Crippen LogP contribution in [0.4, 0.5) is 5.69 Å². The molecule has 0 fully saturated rings. The largest absolute Gasteiger partial charge is 0.378 e. The number of nitrogens with zero attached hydrogens (tertiary/aromatic N) is 3. The number of rotatable bonds is 4. The molecule has 1 aromatic heterocycles. The fourth-order valence-corrected chi connectivity index (χ4v) is 3.94. The maximum atomic E-state index is 13.4. The molecule has 4 aromatic rings. The number of anilines is 1. The standard InChI is InChI=1S/C24H19BrIN3O/c1-28(2)19-9-3-16(4-10-19)5-14-23-27-22-13-8-18(26)15-21(22)24(30)29(23)20-11-6-17(25)7-12-20/h3-15H,1-2H3/b14-5+. The quantitative estimate of drug-likeness (QED) is 0.282. The highest BCUT2D eigenvalue weighted by atomic mass is 127. The third-order valence-electron chi connectivity index (χ3n) is 4.78. The van der Waals surface area contributed by atoms with E-state index in [1.165, 1.54) is 0 Å². The molecule has 0 bridgehead atoms. The van der Waals surface area contributed by atoms with Crippen molar-refractivity contribution in [3.63, 3.8) is 0 Å². The third-order valence-corrected chi connectivity index (χ3v) is 5.98. The molecular formula is C24H19BrIN3O. The molecule has 0 aliphatic rings. The van der Waals surface area contributed by atoms with Gasteiger partial charge in [0.2, 0.25) is 0 Å². The van der Waals surface area contributed by atoms with E-state index in [-0.39, 0.29) is 5.56 Å². The van der Waals surface area contributed by atoms with Crippen LogP contribution in [0.25, 0.3) is 28.7 Å². The molecule has 0 saturated heterocycles. The van der Waals surface area contributed by atoms with Gasteiger partial charge in [-0.15, -0.1) is 0 Å². The first-order valence-electron chi connectivity index (χ1n) is 9.36. The first-order valence-corrected chi connectivity index (χ1v) is 11.2. The molecule has 3 aromatic carbocycles. The van der Waals surface area contributed by atoms with Crippen LogP contribution in [-0.2, 0) is 0 Å². The maximum absolute atomic E-state index is 13.4. The predicted molar refractivity (Wildman–Crippen MR) is 137 cm³/mol. The number of fused-ring (bicyclic) bond motifs is 1. The van der Waals surface area contributed by atoms with Crippen LogP contribution in [0.2, 0.25) is 0 Å². The van der Waals surface area contributed by atoms with Crippen molar-refractivity contribution in [2.24, 2.45) is 0 Å². The minimum Gasteiger partial charge on any atom is -0.378 e. The summed E-state index contributed by atoms with van der Waals surface area (Å²) in [6.45, 7) is 0. The van der Waals surface area contributed by atoms with Crippen LogP contribution < -0.4 is 10.5 Å². The number of halogens is 2. The van der Waals surface area contributed by atoms with Crippen LogP contribution in [0.15, 0.2) is 76.0 Å². The Morgan fingerprint density at radius 3 is 2.33 bits per heavy atom. The Morgan fingerprint density at radius 2 is 1.67 bits per heavy atom. The van der Waals surface area contributed by atoms with E-state index in [9.17, 15) is 4.79 Å². The number of benzene rings is 3. The van der Waals surface area contributed by atoms with E-state index in [0.29, 0.717) is 16.7 Å². The van der Waals surface area contributed by atoms with Gasteiger partial charge >= 0.3 is 0 Å². The highest BCUT2D eigenvalue weighted by Gasteiger charge is 2.11. The lowest BCUT2D eigenvalue weighted by Crippen LogP contribution is -2.22. The molecule has 0 saturated carbocycles. The molecule has 0 aliphatic heterocycles. The average Bonchev–Trinajstić information content (AvgIpc) is 2.74. The molecule has 0 aliphatic carbocycles. The zero-order chi connectivity index (χ0) is 21.3. The Balaban J connectivity index is 1.87. The molecular weight excluding hydrogens is 553 g/mol. The maximum Gasteiger partial charge on any atom is 0.266 e. The van der Waals surface area contributed by atoms with Crippen LogP contribution in [0.1, 0.15) is 11.4 Å². The minimum atomic E-state index is -0.0801. The highest BCUT2D eigenvalue weighted by molar-refractivity contribution is 14.1. The summed E-state index contributed by atoms with van der Waals surface area (Å²) in [6, 6.07) is 21.7. The lowest BCUT2D eigenvalue weighted by atomic mass is 10.1. The fraction of sp³-hybridized carbons (Fsp3) is 0.0833. The van der Waals surface area contributed by atoms with E-state index >= 15 is 0 Å². The van der Waals surface area contributed by atoms with E-state index in [0.717, 1.165) is 25.0 Å². The molecule has 0 radical (unpaired) electrons. The predicted octanol–water partition coefficient (Wildman–Crippen LogP) is 5.99. The summed E-state index contributed by atoms with van der Waals surface area (Å²) in [7, 11) is 4.03. The second kappa shape index (κ2) is 8.73. The third kappa shape index (κ3) is 4.34. The van der Waals surface area contributed by atoms with Crippen molar-refractivity contribution in [2.75, 3.05) is 19.0 Å². The van der Waals surface area contributed by atoms with Gasteiger partial charge < -0.3 is 4.90 Å². The van der Waals surface area contributed by atoms with Gasteiger partial charge in [-0.2, -0.15) is 0 Å². The average molecular weight is 572 g/mol. The van der Waals surface area contributed by atoms with Crippen molar-refractivity contribution in [3.8, 4) is 5.69 Å². The summed E-state index contributed by atoms with van der Waals surface area (Å²) in [5, 5.41) is 0.609. The van der Waals surface area contributed by atoms with Crippen molar-refractivity contribution in [3.05, 3.63) is 96.5 Å². The molecule has 0 spiro atoms. The van der Waals surface area contributed by atoms with Crippen molar-refractivity contribution >= 4 is 67.3 Å². The summed E-state index contributed by atoms with van der Waals surface area (Å²) < 4.78 is 3.63. The van der Waals surface area contributed by atoms with Gasteiger partial charge in [-0.05, 0) is 88.8 Å². The fourth-order valence-electron chi connectivity index (χ4n) is 3.18. The topological polar surface area (TPSA) is 38.1 Å². The Hall–Kier alpha value is -2.45. The van der Waals surface area contributed by atoms with Gasteiger partial charge in [0.05, 0.1) is 16.6 Å². The van der Waals surface area contributed by atoms with Crippen LogP contribution in [-0.4, -0.2) is 23.6 Å². The monoisotopic (exact) mass is 571 g/mol. The summed E-state index contributed by atoms with van der Waals surface area (Å²) in [5.74, 6) is 0.590. The second-order valence-electron chi connectivity index (χ2n) is 7.07. The first-order chi connectivity index (χ1) is 14.4. The van der Waals surface area contributed by atoms with E-state index in [2.05, 4.69) is 67.7 Å². The van der Waals surface area contributed by atoms with E-state index in [1.807, 2.05) is 68.7 Å². The van der Waals surface area contributed by atoms with Gasteiger partial charge in [-0.1, -0.05) is 34.1 Å². The molecule has 4 nitrogen and oxygen atoms in total. The molecule has 30 heavy (non-hydrogen) atoms. The molecule has 4 rings (SSSR count). The van der Waals surface area contributed by atoms with Crippen molar-refractivity contribution in [1.82, 2.24) is 9.55 Å². The Labute approximate surface area is 197 Å². The van der Waals surface area contributed by atoms with Gasteiger partial charge in [0, 0.05) is 27.8 Å². The van der Waals surface area contributed by atoms with E-state index < -0.39 is 0 Å². The van der Waals surface area contributed by atoms with E-state index in [1.54, 1.807) is 4.57 Å². The van der Waals surface area contributed by atoms with Crippen LogP contribution in [0, 0.1) is 3.57 Å². The highest BCUT2D eigenvalue weighted by Crippen LogP contribution is 2.20. The Morgan fingerprint density at radius 1 is 0.967 bits per heavy atom. The Kier molecular flexibility index (Phi) is 6.06. The van der Waals surface area contributed by atoms with Crippen molar-refractivity contribution in [2.45, 2.75) is 0 Å². The van der Waals surface area contributed by atoms with Crippen LogP contribution >= 0.6 is 38.5 Å². The van der Waals surface area contributed by atoms with Gasteiger partial charge in [-0.3, -0.25) is 9.36 Å². The van der Waals surface area contributed by atoms with Crippen LogP contribution in [0.3, 0.4) is 0 Å². The lowest BCUT2D eigenvalue weighted by Gasteiger charge is -2.13. The molecule has 1 heterocycles.